The van der Waals surface area contributed by atoms with Gasteiger partial charge in [0, 0.05) is 5.22 Å². The van der Waals surface area contributed by atoms with Gasteiger partial charge < -0.3 is 19.4 Å². The molecule has 1 aromatic heterocycles. The third kappa shape index (κ3) is 1.99. The first-order chi connectivity index (χ1) is 8.04. The molecule has 0 saturated carbocycles. The average molecular weight is 238 g/mol. The van der Waals surface area contributed by atoms with E-state index < -0.39 is 18.2 Å². The van der Waals surface area contributed by atoms with Crippen molar-refractivity contribution >= 4 is 18.1 Å². The van der Waals surface area contributed by atoms with E-state index in [-0.39, 0.29) is 6.61 Å². The summed E-state index contributed by atoms with van der Waals surface area (Å²) in [6.45, 7) is 3.63. The van der Waals surface area contributed by atoms with Gasteiger partial charge >= 0.3 is 5.97 Å². The summed E-state index contributed by atoms with van der Waals surface area (Å²) in [6, 6.07) is 0. The molecule has 0 amide bonds. The lowest BCUT2D eigenvalue weighted by Gasteiger charge is -2.11. The predicted octanol–water partition coefficient (Wildman–Crippen LogP) is -0.939. The standard InChI is InChI=1S/C12H14O5/c1-3-16-12(15)11-6(2)17-10-5-9(14)8(13)4-7(10)11/h4-5,8-9,13-14H,3H2,1-2H3. The summed E-state index contributed by atoms with van der Waals surface area (Å²) in [5.74, 6) is -0.0644. The topological polar surface area (TPSA) is 79.9 Å². The lowest BCUT2D eigenvalue weighted by Crippen LogP contribution is -2.38. The number of fused-ring (bicyclic) bond motifs is 1. The molecule has 0 fully saturated rings. The molecule has 1 aliphatic rings. The van der Waals surface area contributed by atoms with Crippen LogP contribution in [0.2, 0.25) is 0 Å². The van der Waals surface area contributed by atoms with Crippen LogP contribution in [-0.4, -0.2) is 35.0 Å². The Hall–Kier alpha value is -1.59. The van der Waals surface area contributed by atoms with Crippen molar-refractivity contribution in [3.8, 4) is 0 Å². The van der Waals surface area contributed by atoms with Crippen LogP contribution in [0, 0.1) is 6.92 Å². The lowest BCUT2D eigenvalue weighted by atomic mass is 10.1. The molecule has 17 heavy (non-hydrogen) atoms. The van der Waals surface area contributed by atoms with Gasteiger partial charge in [0.25, 0.3) is 0 Å². The summed E-state index contributed by atoms with van der Waals surface area (Å²) in [5.41, 5.74) is 0.701. The van der Waals surface area contributed by atoms with Crippen LogP contribution in [0.15, 0.2) is 4.42 Å². The van der Waals surface area contributed by atoms with Crippen molar-refractivity contribution in [2.75, 3.05) is 6.61 Å². The first-order valence-corrected chi connectivity index (χ1v) is 5.41. The maximum atomic E-state index is 11.7. The van der Waals surface area contributed by atoms with Crippen LogP contribution in [0.4, 0.5) is 0 Å². The molecule has 5 heteroatoms. The van der Waals surface area contributed by atoms with Gasteiger partial charge in [0.1, 0.15) is 28.9 Å². The van der Waals surface area contributed by atoms with Crippen LogP contribution >= 0.6 is 0 Å². The molecule has 2 atom stereocenters. The second-order valence-electron chi connectivity index (χ2n) is 3.85. The first-order valence-electron chi connectivity index (χ1n) is 5.41. The molecule has 1 aliphatic carbocycles. The van der Waals surface area contributed by atoms with Crippen LogP contribution in [-0.2, 0) is 4.74 Å². The number of aryl methyl sites for hydroxylation is 1. The van der Waals surface area contributed by atoms with E-state index in [4.69, 9.17) is 9.15 Å². The zero-order valence-electron chi connectivity index (χ0n) is 9.64. The van der Waals surface area contributed by atoms with Crippen molar-refractivity contribution in [3.05, 3.63) is 22.0 Å². The number of carbonyl (C=O) groups is 1. The molecule has 0 aromatic carbocycles. The van der Waals surface area contributed by atoms with Gasteiger partial charge in [0.2, 0.25) is 0 Å². The zero-order chi connectivity index (χ0) is 12.6. The number of esters is 1. The lowest BCUT2D eigenvalue weighted by molar-refractivity contribution is 0.0523. The highest BCUT2D eigenvalue weighted by atomic mass is 16.5. The van der Waals surface area contributed by atoms with Gasteiger partial charge in [-0.1, -0.05) is 0 Å². The zero-order valence-corrected chi connectivity index (χ0v) is 9.64. The molecule has 0 radical (unpaired) electrons. The summed E-state index contributed by atoms with van der Waals surface area (Å²) in [4.78, 5) is 11.7. The van der Waals surface area contributed by atoms with E-state index >= 15 is 0 Å². The SMILES string of the molecule is CCOC(=O)c1c(C)oc2c1=CC(O)C(O)C=2. The quantitative estimate of drug-likeness (QED) is 0.650. The molecule has 2 unspecified atom stereocenters. The van der Waals surface area contributed by atoms with Crippen molar-refractivity contribution in [2.45, 2.75) is 26.1 Å². The van der Waals surface area contributed by atoms with Gasteiger partial charge in [0.05, 0.1) is 6.61 Å². The molecular formula is C12H14O5. The highest BCUT2D eigenvalue weighted by Gasteiger charge is 2.23. The number of aliphatic hydroxyl groups excluding tert-OH is 2. The first kappa shape index (κ1) is 11.9. The largest absolute Gasteiger partial charge is 0.462 e. The average Bonchev–Trinajstić information content (AvgIpc) is 2.55. The molecule has 1 aromatic rings. The Balaban J connectivity index is 2.61. The second-order valence-corrected chi connectivity index (χ2v) is 3.85. The van der Waals surface area contributed by atoms with E-state index in [0.717, 1.165) is 0 Å². The van der Waals surface area contributed by atoms with Crippen molar-refractivity contribution in [3.63, 3.8) is 0 Å². The Morgan fingerprint density at radius 2 is 2.06 bits per heavy atom. The molecule has 2 N–H and O–H groups in total. The van der Waals surface area contributed by atoms with Crippen LogP contribution in [0.5, 0.6) is 0 Å². The summed E-state index contributed by atoms with van der Waals surface area (Å²) in [6.07, 6.45) is 0.745. The Bertz CT molecular complexity index is 554. The fourth-order valence-electron chi connectivity index (χ4n) is 1.85. The van der Waals surface area contributed by atoms with E-state index in [9.17, 15) is 15.0 Å². The number of rotatable bonds is 2. The van der Waals surface area contributed by atoms with Crippen molar-refractivity contribution < 1.29 is 24.2 Å². The van der Waals surface area contributed by atoms with Crippen LogP contribution in [0.3, 0.4) is 0 Å². The summed E-state index contributed by atoms with van der Waals surface area (Å²) < 4.78 is 10.3. The van der Waals surface area contributed by atoms with Gasteiger partial charge in [-0.15, -0.1) is 0 Å². The Morgan fingerprint density at radius 1 is 1.41 bits per heavy atom. The minimum Gasteiger partial charge on any atom is -0.462 e. The van der Waals surface area contributed by atoms with E-state index in [1.807, 2.05) is 0 Å². The van der Waals surface area contributed by atoms with Crippen molar-refractivity contribution in [1.29, 1.82) is 0 Å². The van der Waals surface area contributed by atoms with E-state index in [1.165, 1.54) is 12.2 Å². The van der Waals surface area contributed by atoms with Gasteiger partial charge in [0.15, 0.2) is 0 Å². The summed E-state index contributed by atoms with van der Waals surface area (Å²) in [7, 11) is 0. The number of furan rings is 1. The normalized spacial score (nSPS) is 22.4. The van der Waals surface area contributed by atoms with Crippen LogP contribution < -0.4 is 10.6 Å². The Morgan fingerprint density at radius 3 is 2.71 bits per heavy atom. The molecule has 0 bridgehead atoms. The highest BCUT2D eigenvalue weighted by Crippen LogP contribution is 2.07. The Kier molecular flexibility index (Phi) is 3.04. The van der Waals surface area contributed by atoms with Crippen LogP contribution in [0.25, 0.3) is 12.2 Å². The van der Waals surface area contributed by atoms with Crippen molar-refractivity contribution in [1.82, 2.24) is 0 Å². The molecule has 0 spiro atoms. The number of hydrogen-bond acceptors (Lipinski definition) is 5. The third-order valence-corrected chi connectivity index (χ3v) is 2.64. The number of ether oxygens (including phenoxy) is 1. The Labute approximate surface area is 97.6 Å². The van der Waals surface area contributed by atoms with E-state index in [2.05, 4.69) is 0 Å². The molecule has 2 rings (SSSR count). The number of carbonyl (C=O) groups excluding carboxylic acids is 1. The van der Waals surface area contributed by atoms with Crippen molar-refractivity contribution in [2.24, 2.45) is 0 Å². The monoisotopic (exact) mass is 238 g/mol. The van der Waals surface area contributed by atoms with Gasteiger partial charge in [-0.05, 0) is 26.0 Å². The van der Waals surface area contributed by atoms with Gasteiger partial charge in [-0.2, -0.15) is 0 Å². The van der Waals surface area contributed by atoms with E-state index in [0.29, 0.717) is 22.0 Å². The van der Waals surface area contributed by atoms with Gasteiger partial charge in [-0.3, -0.25) is 0 Å². The minimum absolute atomic E-state index is 0.271. The summed E-state index contributed by atoms with van der Waals surface area (Å²) in [5, 5.41) is 19.5. The maximum Gasteiger partial charge on any atom is 0.342 e. The summed E-state index contributed by atoms with van der Waals surface area (Å²) >= 11 is 0. The fourth-order valence-corrected chi connectivity index (χ4v) is 1.85. The molecule has 92 valence electrons. The highest BCUT2D eigenvalue weighted by molar-refractivity contribution is 5.91. The predicted molar refractivity (Wildman–Crippen MR) is 59.6 cm³/mol. The molecular weight excluding hydrogens is 224 g/mol. The third-order valence-electron chi connectivity index (χ3n) is 2.64. The molecule has 5 nitrogen and oxygen atoms in total. The fraction of sp³-hybridized carbons (Fsp3) is 0.417. The van der Waals surface area contributed by atoms with E-state index in [1.54, 1.807) is 13.8 Å². The number of hydrogen-bond donors (Lipinski definition) is 2. The number of aliphatic hydroxyl groups is 2. The van der Waals surface area contributed by atoms with Crippen LogP contribution in [0.1, 0.15) is 23.0 Å². The maximum absolute atomic E-state index is 11.7. The molecule has 0 aliphatic heterocycles. The molecule has 1 heterocycles. The minimum atomic E-state index is -1.03. The molecule has 0 saturated heterocycles. The second kappa shape index (κ2) is 4.35. The van der Waals surface area contributed by atoms with Gasteiger partial charge in [-0.25, -0.2) is 4.79 Å². The smallest absolute Gasteiger partial charge is 0.342 e.